The molecule has 1 aliphatic carbocycles. The smallest absolute Gasteiger partial charge is 0.338 e. The molecule has 0 radical (unpaired) electrons. The average Bonchev–Trinajstić information content (AvgIpc) is 3.46. The first kappa shape index (κ1) is 19.5. The maximum absolute atomic E-state index is 13.6. The van der Waals surface area contributed by atoms with Crippen molar-refractivity contribution in [3.63, 3.8) is 0 Å². The summed E-state index contributed by atoms with van der Waals surface area (Å²) in [6.45, 7) is 1.97. The van der Waals surface area contributed by atoms with Crippen molar-refractivity contribution >= 4 is 29.2 Å². The summed E-state index contributed by atoms with van der Waals surface area (Å²) in [4.78, 5) is 36.0. The molecule has 2 aromatic carbocycles. The molecule has 3 rings (SSSR count). The number of benzene rings is 2. The van der Waals surface area contributed by atoms with E-state index in [0.717, 1.165) is 12.1 Å². The molecular weight excluding hydrogens is 370 g/mol. The van der Waals surface area contributed by atoms with Gasteiger partial charge in [0.05, 0.1) is 24.0 Å². The van der Waals surface area contributed by atoms with Gasteiger partial charge >= 0.3 is 5.97 Å². The molecule has 2 unspecified atom stereocenters. The summed E-state index contributed by atoms with van der Waals surface area (Å²) < 4.78 is 32.1. The Morgan fingerprint density at radius 2 is 1.54 bits per heavy atom. The summed E-state index contributed by atoms with van der Waals surface area (Å²) in [5, 5.41) is 4.85. The highest BCUT2D eigenvalue weighted by Gasteiger charge is 2.48. The number of carbonyl (C=O) groups is 3. The van der Waals surface area contributed by atoms with Crippen molar-refractivity contribution in [2.24, 2.45) is 11.8 Å². The SMILES string of the molecule is CCOC(=O)c1ccc(NC(=O)C2CC2C(=O)Nc2c(F)cccc2F)cc1. The van der Waals surface area contributed by atoms with E-state index in [2.05, 4.69) is 10.6 Å². The van der Waals surface area contributed by atoms with Crippen LogP contribution in [-0.4, -0.2) is 24.4 Å². The molecule has 8 heteroatoms. The van der Waals surface area contributed by atoms with E-state index in [1.165, 1.54) is 18.2 Å². The Morgan fingerprint density at radius 1 is 0.964 bits per heavy atom. The van der Waals surface area contributed by atoms with E-state index < -0.39 is 41.0 Å². The monoisotopic (exact) mass is 388 g/mol. The number of para-hydroxylation sites is 1. The lowest BCUT2D eigenvalue weighted by atomic mass is 10.2. The van der Waals surface area contributed by atoms with Gasteiger partial charge < -0.3 is 15.4 Å². The second-order valence-electron chi connectivity index (χ2n) is 6.32. The summed E-state index contributed by atoms with van der Waals surface area (Å²) >= 11 is 0. The number of rotatable bonds is 6. The molecule has 0 aromatic heterocycles. The lowest BCUT2D eigenvalue weighted by Crippen LogP contribution is -2.21. The molecule has 2 amide bonds. The van der Waals surface area contributed by atoms with Gasteiger partial charge in [0.25, 0.3) is 0 Å². The van der Waals surface area contributed by atoms with E-state index in [9.17, 15) is 23.2 Å². The highest BCUT2D eigenvalue weighted by atomic mass is 19.1. The van der Waals surface area contributed by atoms with Crippen LogP contribution in [0.4, 0.5) is 20.2 Å². The molecule has 1 aliphatic rings. The van der Waals surface area contributed by atoms with Crippen LogP contribution in [0.2, 0.25) is 0 Å². The van der Waals surface area contributed by atoms with Crippen molar-refractivity contribution in [1.29, 1.82) is 0 Å². The van der Waals surface area contributed by atoms with Gasteiger partial charge in [-0.25, -0.2) is 13.6 Å². The highest BCUT2D eigenvalue weighted by molar-refractivity contribution is 6.03. The third kappa shape index (κ3) is 4.33. The number of hydrogen-bond acceptors (Lipinski definition) is 4. The number of nitrogens with one attached hydrogen (secondary N) is 2. The molecule has 0 aliphatic heterocycles. The molecule has 1 fully saturated rings. The van der Waals surface area contributed by atoms with Gasteiger partial charge in [-0.3, -0.25) is 9.59 Å². The van der Waals surface area contributed by atoms with Crippen LogP contribution in [0.5, 0.6) is 0 Å². The van der Waals surface area contributed by atoms with Crippen molar-refractivity contribution in [2.45, 2.75) is 13.3 Å². The van der Waals surface area contributed by atoms with Crippen LogP contribution < -0.4 is 10.6 Å². The van der Waals surface area contributed by atoms with E-state index in [1.54, 1.807) is 19.1 Å². The van der Waals surface area contributed by atoms with Crippen molar-refractivity contribution in [1.82, 2.24) is 0 Å². The minimum absolute atomic E-state index is 0.263. The molecule has 0 bridgehead atoms. The fourth-order valence-corrected chi connectivity index (χ4v) is 2.75. The van der Waals surface area contributed by atoms with Crippen LogP contribution in [0.25, 0.3) is 0 Å². The van der Waals surface area contributed by atoms with Gasteiger partial charge in [-0.05, 0) is 49.7 Å². The fourth-order valence-electron chi connectivity index (χ4n) is 2.75. The molecule has 2 aromatic rings. The minimum atomic E-state index is -0.878. The van der Waals surface area contributed by atoms with E-state index in [1.807, 2.05) is 0 Å². The Morgan fingerprint density at radius 3 is 2.11 bits per heavy atom. The average molecular weight is 388 g/mol. The molecule has 1 saturated carbocycles. The van der Waals surface area contributed by atoms with Gasteiger partial charge in [0.15, 0.2) is 0 Å². The first-order valence-electron chi connectivity index (χ1n) is 8.73. The standard InChI is InChI=1S/C20H18F2N2O4/c1-2-28-20(27)11-6-8-12(9-7-11)23-18(25)13-10-14(13)19(26)24-17-15(21)4-3-5-16(17)22/h3-9,13-14H,2,10H2,1H3,(H,23,25)(H,24,26). The first-order chi connectivity index (χ1) is 13.4. The number of anilines is 2. The first-order valence-corrected chi connectivity index (χ1v) is 8.73. The van der Waals surface area contributed by atoms with Crippen LogP contribution in [-0.2, 0) is 14.3 Å². The molecule has 0 spiro atoms. The van der Waals surface area contributed by atoms with Crippen molar-refractivity contribution in [2.75, 3.05) is 17.2 Å². The predicted molar refractivity (Wildman–Crippen MR) is 97.6 cm³/mol. The van der Waals surface area contributed by atoms with E-state index in [-0.39, 0.29) is 18.9 Å². The lowest BCUT2D eigenvalue weighted by Gasteiger charge is -2.08. The predicted octanol–water partition coefficient (Wildman–Crippen LogP) is 3.35. The molecule has 2 N–H and O–H groups in total. The zero-order chi connectivity index (χ0) is 20.3. The molecule has 28 heavy (non-hydrogen) atoms. The van der Waals surface area contributed by atoms with Crippen LogP contribution in [0, 0.1) is 23.5 Å². The lowest BCUT2D eigenvalue weighted by molar-refractivity contribution is -0.122. The van der Waals surface area contributed by atoms with Crippen molar-refractivity contribution in [3.05, 3.63) is 59.7 Å². The number of hydrogen-bond donors (Lipinski definition) is 2. The number of halogens is 2. The van der Waals surface area contributed by atoms with Crippen molar-refractivity contribution in [3.8, 4) is 0 Å². The number of ether oxygens (including phenoxy) is 1. The fraction of sp³-hybridized carbons (Fsp3) is 0.250. The molecule has 0 saturated heterocycles. The van der Waals surface area contributed by atoms with Gasteiger partial charge in [-0.15, -0.1) is 0 Å². The summed E-state index contributed by atoms with van der Waals surface area (Å²) in [5.74, 6) is -4.44. The van der Waals surface area contributed by atoms with Gasteiger partial charge in [0.2, 0.25) is 11.8 Å². The number of esters is 1. The van der Waals surface area contributed by atoms with Crippen LogP contribution >= 0.6 is 0 Å². The third-order valence-electron chi connectivity index (χ3n) is 4.34. The van der Waals surface area contributed by atoms with E-state index in [0.29, 0.717) is 11.3 Å². The Hall–Kier alpha value is -3.29. The maximum Gasteiger partial charge on any atom is 0.338 e. The number of amides is 2. The largest absolute Gasteiger partial charge is 0.462 e. The molecule has 2 atom stereocenters. The Labute approximate surface area is 159 Å². The van der Waals surface area contributed by atoms with Gasteiger partial charge in [0.1, 0.15) is 17.3 Å². The summed E-state index contributed by atoms with van der Waals surface area (Å²) in [6.07, 6.45) is 0.286. The van der Waals surface area contributed by atoms with Gasteiger partial charge in [-0.1, -0.05) is 6.07 Å². The normalized spacial score (nSPS) is 17.5. The summed E-state index contributed by atoms with van der Waals surface area (Å²) in [7, 11) is 0. The Bertz CT molecular complexity index is 895. The second kappa shape index (κ2) is 8.16. The Balaban J connectivity index is 1.55. The topological polar surface area (TPSA) is 84.5 Å². The zero-order valence-electron chi connectivity index (χ0n) is 15.0. The van der Waals surface area contributed by atoms with E-state index >= 15 is 0 Å². The van der Waals surface area contributed by atoms with Crippen LogP contribution in [0.3, 0.4) is 0 Å². The van der Waals surface area contributed by atoms with E-state index in [4.69, 9.17) is 4.74 Å². The highest BCUT2D eigenvalue weighted by Crippen LogP contribution is 2.40. The quantitative estimate of drug-likeness (QED) is 0.744. The van der Waals surface area contributed by atoms with Crippen LogP contribution in [0.1, 0.15) is 23.7 Å². The molecule has 0 heterocycles. The van der Waals surface area contributed by atoms with Gasteiger partial charge in [-0.2, -0.15) is 0 Å². The van der Waals surface area contributed by atoms with Gasteiger partial charge in [0, 0.05) is 5.69 Å². The summed E-state index contributed by atoms with van der Waals surface area (Å²) in [6, 6.07) is 9.41. The maximum atomic E-state index is 13.6. The zero-order valence-corrected chi connectivity index (χ0v) is 15.0. The summed E-state index contributed by atoms with van der Waals surface area (Å²) in [5.41, 5.74) is 0.299. The third-order valence-corrected chi connectivity index (χ3v) is 4.34. The second-order valence-corrected chi connectivity index (χ2v) is 6.32. The molecule has 146 valence electrons. The van der Waals surface area contributed by atoms with Crippen molar-refractivity contribution < 1.29 is 27.9 Å². The molecule has 6 nitrogen and oxygen atoms in total. The van der Waals surface area contributed by atoms with Crippen LogP contribution in [0.15, 0.2) is 42.5 Å². The number of carbonyl (C=O) groups excluding carboxylic acids is 3. The Kier molecular flexibility index (Phi) is 5.67. The molecular formula is C20H18F2N2O4. The minimum Gasteiger partial charge on any atom is -0.462 e.